The van der Waals surface area contributed by atoms with Crippen molar-refractivity contribution in [1.29, 1.82) is 0 Å². The molecule has 0 amide bonds. The SMILES string of the molecule is CNC(C)c1nc(C)c(C(C)(C)F)s1. The van der Waals surface area contributed by atoms with Gasteiger partial charge in [-0.2, -0.15) is 0 Å². The van der Waals surface area contributed by atoms with Crippen LogP contribution in [-0.2, 0) is 5.67 Å². The molecule has 1 atom stereocenters. The van der Waals surface area contributed by atoms with Crippen LogP contribution >= 0.6 is 11.3 Å². The Balaban J connectivity index is 3.05. The van der Waals surface area contributed by atoms with Crippen LogP contribution in [0.25, 0.3) is 0 Å². The number of aryl methyl sites for hydroxylation is 1. The topological polar surface area (TPSA) is 24.9 Å². The summed E-state index contributed by atoms with van der Waals surface area (Å²) in [6.45, 7) is 7.02. The van der Waals surface area contributed by atoms with Crippen LogP contribution in [0.3, 0.4) is 0 Å². The molecule has 80 valence electrons. The molecule has 1 aromatic rings. The number of thiazole rings is 1. The number of alkyl halides is 1. The van der Waals surface area contributed by atoms with Crippen molar-refractivity contribution < 1.29 is 4.39 Å². The molecule has 0 aromatic carbocycles. The number of aromatic nitrogens is 1. The lowest BCUT2D eigenvalue weighted by Gasteiger charge is -2.11. The molecule has 4 heteroatoms. The van der Waals surface area contributed by atoms with Gasteiger partial charge in [0.05, 0.1) is 16.6 Å². The fraction of sp³-hybridized carbons (Fsp3) is 0.700. The highest BCUT2D eigenvalue weighted by atomic mass is 32.1. The lowest BCUT2D eigenvalue weighted by Crippen LogP contribution is -2.11. The van der Waals surface area contributed by atoms with Gasteiger partial charge in [0.25, 0.3) is 0 Å². The summed E-state index contributed by atoms with van der Waals surface area (Å²) in [5.41, 5.74) is -0.479. The zero-order valence-corrected chi connectivity index (χ0v) is 10.1. The molecule has 0 aliphatic rings. The van der Waals surface area contributed by atoms with Crippen LogP contribution in [0.5, 0.6) is 0 Å². The van der Waals surface area contributed by atoms with Gasteiger partial charge in [0.2, 0.25) is 0 Å². The molecular formula is C10H17FN2S. The van der Waals surface area contributed by atoms with Crippen LogP contribution in [-0.4, -0.2) is 12.0 Å². The first-order valence-corrected chi connectivity index (χ1v) is 5.52. The molecule has 2 nitrogen and oxygen atoms in total. The average molecular weight is 216 g/mol. The smallest absolute Gasteiger partial charge is 0.141 e. The highest BCUT2D eigenvalue weighted by Gasteiger charge is 2.26. The van der Waals surface area contributed by atoms with Crippen molar-refractivity contribution in [3.63, 3.8) is 0 Å². The minimum Gasteiger partial charge on any atom is -0.311 e. The van der Waals surface area contributed by atoms with E-state index in [4.69, 9.17) is 0 Å². The van der Waals surface area contributed by atoms with E-state index in [0.717, 1.165) is 15.6 Å². The number of rotatable bonds is 3. The molecule has 1 N–H and O–H groups in total. The van der Waals surface area contributed by atoms with Crippen LogP contribution in [0.1, 0.15) is 42.4 Å². The Hall–Kier alpha value is -0.480. The Morgan fingerprint density at radius 1 is 1.50 bits per heavy atom. The Morgan fingerprint density at radius 3 is 2.43 bits per heavy atom. The average Bonchev–Trinajstić information content (AvgIpc) is 2.45. The summed E-state index contributed by atoms with van der Waals surface area (Å²) in [5.74, 6) is 0. The number of hydrogen-bond donors (Lipinski definition) is 1. The molecule has 1 aromatic heterocycles. The molecule has 14 heavy (non-hydrogen) atoms. The lowest BCUT2D eigenvalue weighted by atomic mass is 10.1. The fourth-order valence-electron chi connectivity index (χ4n) is 1.28. The zero-order chi connectivity index (χ0) is 10.9. The maximum absolute atomic E-state index is 13.7. The third-order valence-electron chi connectivity index (χ3n) is 2.16. The third kappa shape index (κ3) is 2.30. The first-order valence-electron chi connectivity index (χ1n) is 4.70. The molecule has 1 unspecified atom stereocenters. The van der Waals surface area contributed by atoms with E-state index in [0.29, 0.717) is 0 Å². The normalized spacial score (nSPS) is 14.4. The van der Waals surface area contributed by atoms with E-state index in [1.807, 2.05) is 20.9 Å². The van der Waals surface area contributed by atoms with E-state index in [2.05, 4.69) is 10.3 Å². The summed E-state index contributed by atoms with van der Waals surface area (Å²) in [7, 11) is 1.88. The highest BCUT2D eigenvalue weighted by Crippen LogP contribution is 2.34. The second-order valence-electron chi connectivity index (χ2n) is 3.95. The van der Waals surface area contributed by atoms with Crippen molar-refractivity contribution >= 4 is 11.3 Å². The molecular weight excluding hydrogens is 199 g/mol. The number of nitrogens with one attached hydrogen (secondary N) is 1. The van der Waals surface area contributed by atoms with Gasteiger partial charge in [-0.1, -0.05) is 0 Å². The first kappa shape index (κ1) is 11.6. The van der Waals surface area contributed by atoms with E-state index in [1.54, 1.807) is 13.8 Å². The quantitative estimate of drug-likeness (QED) is 0.840. The minimum atomic E-state index is -1.28. The largest absolute Gasteiger partial charge is 0.311 e. The van der Waals surface area contributed by atoms with Crippen molar-refractivity contribution in [2.24, 2.45) is 0 Å². The van der Waals surface area contributed by atoms with Gasteiger partial charge in [-0.15, -0.1) is 11.3 Å². The summed E-state index contributed by atoms with van der Waals surface area (Å²) >= 11 is 1.45. The number of hydrogen-bond acceptors (Lipinski definition) is 3. The standard InChI is InChI=1S/C10H17FN2S/c1-6-8(10(3,4)11)14-9(13-6)7(2)12-5/h7,12H,1-5H3. The van der Waals surface area contributed by atoms with Gasteiger partial charge < -0.3 is 5.32 Å². The maximum atomic E-state index is 13.7. The van der Waals surface area contributed by atoms with Gasteiger partial charge in [0, 0.05) is 0 Å². The molecule has 0 aliphatic heterocycles. The highest BCUT2D eigenvalue weighted by molar-refractivity contribution is 7.12. The summed E-state index contributed by atoms with van der Waals surface area (Å²) in [4.78, 5) is 5.09. The van der Waals surface area contributed by atoms with Crippen molar-refractivity contribution in [1.82, 2.24) is 10.3 Å². The van der Waals surface area contributed by atoms with Crippen molar-refractivity contribution in [3.8, 4) is 0 Å². The third-order valence-corrected chi connectivity index (χ3v) is 3.80. The second kappa shape index (κ2) is 3.95. The Bertz CT molecular complexity index is 314. The predicted molar refractivity (Wildman–Crippen MR) is 58.5 cm³/mol. The molecule has 0 fully saturated rings. The minimum absolute atomic E-state index is 0.190. The summed E-state index contributed by atoms with van der Waals surface area (Å²) in [6, 6.07) is 0.190. The van der Waals surface area contributed by atoms with Gasteiger partial charge in [-0.3, -0.25) is 0 Å². The summed E-state index contributed by atoms with van der Waals surface area (Å²) in [5, 5.41) is 4.05. The zero-order valence-electron chi connectivity index (χ0n) is 9.31. The molecule has 1 heterocycles. The van der Waals surface area contributed by atoms with Gasteiger partial charge >= 0.3 is 0 Å². The van der Waals surface area contributed by atoms with E-state index >= 15 is 0 Å². The van der Waals surface area contributed by atoms with E-state index in [-0.39, 0.29) is 6.04 Å². The van der Waals surface area contributed by atoms with Crippen LogP contribution in [0, 0.1) is 6.92 Å². The van der Waals surface area contributed by atoms with Gasteiger partial charge in [-0.05, 0) is 34.7 Å². The van der Waals surface area contributed by atoms with Crippen molar-refractivity contribution in [3.05, 3.63) is 15.6 Å². The molecule has 0 bridgehead atoms. The predicted octanol–water partition coefficient (Wildman–Crippen LogP) is 2.94. The van der Waals surface area contributed by atoms with E-state index in [1.165, 1.54) is 11.3 Å². The number of halogens is 1. The lowest BCUT2D eigenvalue weighted by molar-refractivity contribution is 0.225. The van der Waals surface area contributed by atoms with E-state index in [9.17, 15) is 4.39 Å². The molecule has 1 rings (SSSR count). The van der Waals surface area contributed by atoms with Gasteiger partial charge in [0.1, 0.15) is 10.7 Å². The van der Waals surface area contributed by atoms with Crippen LogP contribution in [0.15, 0.2) is 0 Å². The monoisotopic (exact) mass is 216 g/mol. The summed E-state index contributed by atoms with van der Waals surface area (Å²) < 4.78 is 13.7. The molecule has 0 spiro atoms. The van der Waals surface area contributed by atoms with Crippen LogP contribution < -0.4 is 5.32 Å². The Labute approximate surface area is 88.6 Å². The van der Waals surface area contributed by atoms with Gasteiger partial charge in [-0.25, -0.2) is 9.37 Å². The number of nitrogens with zero attached hydrogens (tertiary/aromatic N) is 1. The second-order valence-corrected chi connectivity index (χ2v) is 4.98. The first-order chi connectivity index (χ1) is 6.36. The van der Waals surface area contributed by atoms with E-state index < -0.39 is 5.67 Å². The Morgan fingerprint density at radius 2 is 2.07 bits per heavy atom. The van der Waals surface area contributed by atoms with Crippen LogP contribution in [0.4, 0.5) is 4.39 Å². The fourth-order valence-corrected chi connectivity index (χ4v) is 2.40. The van der Waals surface area contributed by atoms with Crippen molar-refractivity contribution in [2.45, 2.75) is 39.4 Å². The van der Waals surface area contributed by atoms with Gasteiger partial charge in [0.15, 0.2) is 0 Å². The molecule has 0 aliphatic carbocycles. The maximum Gasteiger partial charge on any atom is 0.141 e. The molecule has 0 saturated carbocycles. The molecule has 0 radical (unpaired) electrons. The van der Waals surface area contributed by atoms with Crippen molar-refractivity contribution in [2.75, 3.05) is 7.05 Å². The Kier molecular flexibility index (Phi) is 3.27. The molecule has 0 saturated heterocycles. The van der Waals surface area contributed by atoms with Crippen LogP contribution in [0.2, 0.25) is 0 Å². The summed E-state index contributed by atoms with van der Waals surface area (Å²) in [6.07, 6.45) is 0.